The van der Waals surface area contributed by atoms with E-state index in [0.29, 0.717) is 10.2 Å². The number of halogens is 1. The maximum absolute atomic E-state index is 13.2. The zero-order valence-corrected chi connectivity index (χ0v) is 18.1. The Kier molecular flexibility index (Phi) is 4.69. The third-order valence-electron chi connectivity index (χ3n) is 7.91. The van der Waals surface area contributed by atoms with E-state index in [2.05, 4.69) is 15.9 Å². The Hall–Kier alpha value is -1.16. The van der Waals surface area contributed by atoms with E-state index in [-0.39, 0.29) is 17.1 Å². The molecule has 2 atom stereocenters. The predicted octanol–water partition coefficient (Wildman–Crippen LogP) is 5.23. The molecule has 0 aromatic heterocycles. The van der Waals surface area contributed by atoms with E-state index in [0.717, 1.165) is 49.8 Å². The van der Waals surface area contributed by atoms with Crippen molar-refractivity contribution < 1.29 is 9.59 Å². The number of Topliss-reactive ketones (excluding diaryl/α,β-unsaturated/α-hetero) is 1. The van der Waals surface area contributed by atoms with Crippen LogP contribution in [-0.4, -0.2) is 34.0 Å². The van der Waals surface area contributed by atoms with E-state index in [1.54, 1.807) is 0 Å². The molecule has 1 aromatic rings. The fourth-order valence-electron chi connectivity index (χ4n) is 7.20. The molecule has 1 saturated heterocycles. The Labute approximate surface area is 176 Å². The molecular weight excluding hydrogens is 414 g/mol. The Bertz CT molecular complexity index is 754. The second-order valence-corrected chi connectivity index (χ2v) is 11.9. The molecule has 28 heavy (non-hydrogen) atoms. The van der Waals surface area contributed by atoms with Crippen LogP contribution in [-0.2, 0) is 4.79 Å². The summed E-state index contributed by atoms with van der Waals surface area (Å²) < 4.78 is 0.312. The van der Waals surface area contributed by atoms with E-state index in [1.807, 2.05) is 35.2 Å². The van der Waals surface area contributed by atoms with Crippen LogP contribution < -0.4 is 0 Å². The highest BCUT2D eigenvalue weighted by atomic mass is 79.9. The topological polar surface area (TPSA) is 37.4 Å². The lowest BCUT2D eigenvalue weighted by molar-refractivity contribution is -0.139. The molecule has 4 bridgehead atoms. The third kappa shape index (κ3) is 3.46. The Balaban J connectivity index is 1.19. The van der Waals surface area contributed by atoms with Gasteiger partial charge in [0, 0.05) is 35.3 Å². The number of hydrogen-bond donors (Lipinski definition) is 0. The number of benzene rings is 1. The molecule has 5 aliphatic rings. The molecule has 150 valence electrons. The van der Waals surface area contributed by atoms with Crippen molar-refractivity contribution in [2.24, 2.45) is 23.2 Å². The maximum Gasteiger partial charge on any atom is 0.223 e. The summed E-state index contributed by atoms with van der Waals surface area (Å²) in [5.41, 5.74) is 1.05. The minimum Gasteiger partial charge on any atom is -0.343 e. The normalized spacial score (nSPS) is 37.2. The van der Waals surface area contributed by atoms with Crippen LogP contribution in [0.2, 0.25) is 0 Å². The Morgan fingerprint density at radius 1 is 1.00 bits per heavy atom. The molecule has 5 fully saturated rings. The maximum atomic E-state index is 13.2. The van der Waals surface area contributed by atoms with Gasteiger partial charge in [0.1, 0.15) is 0 Å². The van der Waals surface area contributed by atoms with Crippen molar-refractivity contribution >= 4 is 27.6 Å². The number of carbonyl (C=O) groups excluding carboxylic acids is 2. The molecule has 0 spiro atoms. The van der Waals surface area contributed by atoms with E-state index in [1.165, 1.54) is 38.5 Å². The largest absolute Gasteiger partial charge is 0.343 e. The van der Waals surface area contributed by atoms with Crippen LogP contribution in [0.4, 0.5) is 0 Å². The van der Waals surface area contributed by atoms with Crippen LogP contribution in [0.25, 0.3) is 0 Å². The number of hydrogen-bond acceptors (Lipinski definition) is 2. The number of nitrogens with zero attached hydrogens (tertiary/aromatic N) is 1. The summed E-state index contributed by atoms with van der Waals surface area (Å²) in [4.78, 5) is 27.9. The second-order valence-electron chi connectivity index (χ2n) is 10.2. The molecule has 1 aliphatic heterocycles. The predicted molar refractivity (Wildman–Crippen MR) is 113 cm³/mol. The molecule has 1 aromatic carbocycles. The lowest BCUT2D eigenvalue weighted by Crippen LogP contribution is -2.54. The Morgan fingerprint density at radius 2 is 1.64 bits per heavy atom. The summed E-state index contributed by atoms with van der Waals surface area (Å²) >= 11 is 4.06. The van der Waals surface area contributed by atoms with Gasteiger partial charge >= 0.3 is 0 Å². The van der Waals surface area contributed by atoms with Gasteiger partial charge in [-0.15, -0.1) is 0 Å². The smallest absolute Gasteiger partial charge is 0.223 e. The number of likely N-dealkylation sites (tertiary alicyclic amines) is 1. The van der Waals surface area contributed by atoms with Gasteiger partial charge in [0.15, 0.2) is 5.78 Å². The van der Waals surface area contributed by atoms with E-state index in [4.69, 9.17) is 0 Å². The molecule has 1 heterocycles. The minimum absolute atomic E-state index is 0.0665. The van der Waals surface area contributed by atoms with E-state index >= 15 is 0 Å². The number of rotatable bonds is 4. The van der Waals surface area contributed by atoms with Gasteiger partial charge in [0.05, 0.1) is 0 Å². The number of amides is 1. The standard InChI is InChI=1S/C24H30BrNO2/c25-24-13-17-10-18(14-24)12-23(11-17,16-24)15-21(27)26-8-6-20(7-9-26)22(28)19-4-2-1-3-5-19/h1-5,17-18,20H,6-16H2/t17-,18-,23?,24?/m1/s1. The molecule has 0 unspecified atom stereocenters. The molecule has 0 radical (unpaired) electrons. The van der Waals surface area contributed by atoms with Gasteiger partial charge in [-0.1, -0.05) is 46.3 Å². The molecule has 3 nitrogen and oxygen atoms in total. The first-order valence-corrected chi connectivity index (χ1v) is 11.8. The quantitative estimate of drug-likeness (QED) is 0.471. The van der Waals surface area contributed by atoms with Crippen molar-refractivity contribution in [1.82, 2.24) is 4.90 Å². The van der Waals surface area contributed by atoms with Crippen molar-refractivity contribution in [1.29, 1.82) is 0 Å². The number of ketones is 1. The first-order chi connectivity index (χ1) is 13.4. The SMILES string of the molecule is O=C(c1ccccc1)C1CCN(C(=O)CC23C[C@H]4C[C@@H](CC(Br)(C4)C2)C3)CC1. The van der Waals surface area contributed by atoms with Crippen LogP contribution in [0.1, 0.15) is 68.1 Å². The van der Waals surface area contributed by atoms with Gasteiger partial charge < -0.3 is 4.90 Å². The van der Waals surface area contributed by atoms with E-state index in [9.17, 15) is 9.59 Å². The van der Waals surface area contributed by atoms with Crippen molar-refractivity contribution in [3.05, 3.63) is 35.9 Å². The number of alkyl halides is 1. The molecule has 0 N–H and O–H groups in total. The molecule has 1 amide bonds. The second kappa shape index (κ2) is 6.97. The van der Waals surface area contributed by atoms with Crippen LogP contribution in [0, 0.1) is 23.2 Å². The van der Waals surface area contributed by atoms with Crippen LogP contribution in [0.5, 0.6) is 0 Å². The average Bonchev–Trinajstić information content (AvgIpc) is 2.66. The summed E-state index contributed by atoms with van der Waals surface area (Å²) in [5, 5.41) is 0. The third-order valence-corrected chi connectivity index (χ3v) is 8.84. The molecule has 4 heteroatoms. The number of piperidine rings is 1. The fraction of sp³-hybridized carbons (Fsp3) is 0.667. The van der Waals surface area contributed by atoms with Crippen LogP contribution in [0.15, 0.2) is 30.3 Å². The summed E-state index contributed by atoms with van der Waals surface area (Å²) in [5.74, 6) is 2.29. The lowest BCUT2D eigenvalue weighted by Gasteiger charge is -2.60. The van der Waals surface area contributed by atoms with Gasteiger partial charge in [-0.3, -0.25) is 9.59 Å². The van der Waals surface area contributed by atoms with Crippen LogP contribution in [0.3, 0.4) is 0 Å². The lowest BCUT2D eigenvalue weighted by atomic mass is 9.48. The minimum atomic E-state index is 0.0665. The molecule has 6 rings (SSSR count). The summed E-state index contributed by atoms with van der Waals surface area (Å²) in [6.45, 7) is 1.48. The van der Waals surface area contributed by atoms with Crippen molar-refractivity contribution in [2.75, 3.05) is 13.1 Å². The average molecular weight is 444 g/mol. The Morgan fingerprint density at radius 3 is 2.25 bits per heavy atom. The van der Waals surface area contributed by atoms with Crippen molar-refractivity contribution in [2.45, 2.75) is 62.1 Å². The highest BCUT2D eigenvalue weighted by molar-refractivity contribution is 9.10. The molecular formula is C24H30BrNO2. The molecule has 4 aliphatic carbocycles. The number of carbonyl (C=O) groups is 2. The summed E-state index contributed by atoms with van der Waals surface area (Å²) in [7, 11) is 0. The van der Waals surface area contributed by atoms with Gasteiger partial charge in [0.2, 0.25) is 5.91 Å². The van der Waals surface area contributed by atoms with Gasteiger partial charge in [-0.05, 0) is 68.6 Å². The van der Waals surface area contributed by atoms with Crippen molar-refractivity contribution in [3.8, 4) is 0 Å². The van der Waals surface area contributed by atoms with Gasteiger partial charge in [-0.2, -0.15) is 0 Å². The van der Waals surface area contributed by atoms with Gasteiger partial charge in [-0.25, -0.2) is 0 Å². The van der Waals surface area contributed by atoms with Crippen LogP contribution >= 0.6 is 15.9 Å². The summed E-state index contributed by atoms with van der Waals surface area (Å²) in [6.07, 6.45) is 10.0. The highest BCUT2D eigenvalue weighted by Crippen LogP contribution is 2.65. The zero-order valence-electron chi connectivity index (χ0n) is 16.5. The fourth-order valence-corrected chi connectivity index (χ4v) is 8.72. The van der Waals surface area contributed by atoms with Crippen molar-refractivity contribution in [3.63, 3.8) is 0 Å². The van der Waals surface area contributed by atoms with E-state index < -0.39 is 0 Å². The first-order valence-electron chi connectivity index (χ1n) is 11.0. The summed E-state index contributed by atoms with van der Waals surface area (Å²) in [6, 6.07) is 9.60. The molecule has 4 saturated carbocycles. The van der Waals surface area contributed by atoms with Gasteiger partial charge in [0.25, 0.3) is 0 Å². The first kappa shape index (κ1) is 18.8. The zero-order chi connectivity index (χ0) is 19.4. The highest BCUT2D eigenvalue weighted by Gasteiger charge is 2.57. The monoisotopic (exact) mass is 443 g/mol.